The molecule has 0 saturated carbocycles. The summed E-state index contributed by atoms with van der Waals surface area (Å²) in [5.41, 5.74) is 1.25. The van der Waals surface area contributed by atoms with Gasteiger partial charge in [-0.15, -0.1) is 20.4 Å². The molecule has 0 aliphatic carbocycles. The minimum Gasteiger partial charge on any atom is -0.459 e. The van der Waals surface area contributed by atoms with Crippen LogP contribution in [0.25, 0.3) is 11.7 Å². The Kier molecular flexibility index (Phi) is 4.46. The molecule has 28 heavy (non-hydrogen) atoms. The largest absolute Gasteiger partial charge is 0.459 e. The van der Waals surface area contributed by atoms with E-state index in [4.69, 9.17) is 8.83 Å². The molecule has 0 atom stereocenters. The van der Waals surface area contributed by atoms with Crippen LogP contribution in [0.5, 0.6) is 0 Å². The molecule has 0 fully saturated rings. The van der Waals surface area contributed by atoms with Gasteiger partial charge < -0.3 is 13.4 Å². The maximum absolute atomic E-state index is 5.74. The molecule has 4 heterocycles. The minimum absolute atomic E-state index is 0.414. The van der Waals surface area contributed by atoms with Gasteiger partial charge in [0.25, 0.3) is 5.89 Å². The van der Waals surface area contributed by atoms with Gasteiger partial charge in [-0.25, -0.2) is 0 Å². The van der Waals surface area contributed by atoms with Crippen LogP contribution in [0.3, 0.4) is 0 Å². The fourth-order valence-corrected chi connectivity index (χ4v) is 3.50. The monoisotopic (exact) mass is 376 g/mol. The van der Waals surface area contributed by atoms with Crippen molar-refractivity contribution in [2.45, 2.75) is 25.9 Å². The molecule has 1 aliphatic rings. The Balaban J connectivity index is 1.25. The van der Waals surface area contributed by atoms with E-state index in [0.29, 0.717) is 24.1 Å². The fourth-order valence-electron chi connectivity index (χ4n) is 3.50. The number of fused-ring (bicyclic) bond motifs is 1. The van der Waals surface area contributed by atoms with E-state index in [1.807, 2.05) is 12.1 Å². The molecule has 0 radical (unpaired) electrons. The lowest BCUT2D eigenvalue weighted by Crippen LogP contribution is -2.27. The molecule has 1 aromatic carbocycles. The molecule has 0 saturated heterocycles. The summed E-state index contributed by atoms with van der Waals surface area (Å²) in [7, 11) is 0. The highest BCUT2D eigenvalue weighted by molar-refractivity contribution is 5.42. The van der Waals surface area contributed by atoms with Crippen molar-refractivity contribution in [3.05, 3.63) is 71.8 Å². The Bertz CT molecular complexity index is 1040. The summed E-state index contributed by atoms with van der Waals surface area (Å²) in [5.74, 6) is 3.65. The second-order valence-electron chi connectivity index (χ2n) is 6.85. The van der Waals surface area contributed by atoms with E-state index in [1.54, 1.807) is 12.3 Å². The topological polar surface area (TPSA) is 86.0 Å². The van der Waals surface area contributed by atoms with Gasteiger partial charge in [-0.1, -0.05) is 30.3 Å². The molecule has 8 nitrogen and oxygen atoms in total. The van der Waals surface area contributed by atoms with E-state index in [0.717, 1.165) is 44.1 Å². The normalized spacial score (nSPS) is 14.7. The number of hydrogen-bond acceptors (Lipinski definition) is 7. The minimum atomic E-state index is 0.414. The zero-order valence-corrected chi connectivity index (χ0v) is 15.4. The summed E-state index contributed by atoms with van der Waals surface area (Å²) in [6.45, 7) is 3.22. The number of nitrogens with zero attached hydrogens (tertiary/aromatic N) is 6. The van der Waals surface area contributed by atoms with Crippen LogP contribution in [0.1, 0.15) is 23.1 Å². The predicted octanol–water partition coefficient (Wildman–Crippen LogP) is 2.57. The average Bonchev–Trinajstić information content (AvgIpc) is 3.44. The first-order valence-corrected chi connectivity index (χ1v) is 9.38. The van der Waals surface area contributed by atoms with Crippen molar-refractivity contribution >= 4 is 0 Å². The van der Waals surface area contributed by atoms with E-state index in [2.05, 4.69) is 54.1 Å². The van der Waals surface area contributed by atoms with Gasteiger partial charge in [0.15, 0.2) is 5.76 Å². The molecule has 8 heteroatoms. The van der Waals surface area contributed by atoms with Gasteiger partial charge in [0.2, 0.25) is 5.89 Å². The maximum atomic E-state index is 5.74. The molecule has 3 aromatic heterocycles. The molecule has 142 valence electrons. The molecule has 4 aromatic rings. The summed E-state index contributed by atoms with van der Waals surface area (Å²) in [6, 6.07) is 14.0. The first-order valence-electron chi connectivity index (χ1n) is 9.38. The molecule has 1 aliphatic heterocycles. The fraction of sp³-hybridized carbons (Fsp3) is 0.300. The SMILES string of the molecule is c1ccc(Cc2nnc3n2CCN(Cc2nnc(-c4ccco4)o2)CC3)cc1. The smallest absolute Gasteiger partial charge is 0.283 e. The van der Waals surface area contributed by atoms with Crippen LogP contribution in [-0.2, 0) is 25.9 Å². The highest BCUT2D eigenvalue weighted by Gasteiger charge is 2.21. The Morgan fingerprint density at radius 2 is 1.82 bits per heavy atom. The van der Waals surface area contributed by atoms with Gasteiger partial charge in [0.1, 0.15) is 11.6 Å². The highest BCUT2D eigenvalue weighted by Crippen LogP contribution is 2.19. The number of rotatable bonds is 5. The second kappa shape index (κ2) is 7.40. The van der Waals surface area contributed by atoms with Crippen LogP contribution in [0.4, 0.5) is 0 Å². The van der Waals surface area contributed by atoms with Gasteiger partial charge in [0, 0.05) is 32.5 Å². The summed E-state index contributed by atoms with van der Waals surface area (Å²) in [5, 5.41) is 17.1. The van der Waals surface area contributed by atoms with Crippen LogP contribution >= 0.6 is 0 Å². The zero-order valence-electron chi connectivity index (χ0n) is 15.4. The van der Waals surface area contributed by atoms with Crippen molar-refractivity contribution in [1.29, 1.82) is 0 Å². The Morgan fingerprint density at radius 3 is 2.68 bits per heavy atom. The first-order chi connectivity index (χ1) is 13.8. The average molecular weight is 376 g/mol. The third kappa shape index (κ3) is 3.46. The van der Waals surface area contributed by atoms with Crippen molar-refractivity contribution in [3.8, 4) is 11.7 Å². The Morgan fingerprint density at radius 1 is 0.893 bits per heavy atom. The lowest BCUT2D eigenvalue weighted by Gasteiger charge is -2.17. The van der Waals surface area contributed by atoms with Crippen molar-refractivity contribution in [2.75, 3.05) is 13.1 Å². The van der Waals surface area contributed by atoms with Gasteiger partial charge in [-0.2, -0.15) is 0 Å². The highest BCUT2D eigenvalue weighted by atomic mass is 16.4. The van der Waals surface area contributed by atoms with Crippen LogP contribution in [0, 0.1) is 0 Å². The Hall–Kier alpha value is -3.26. The predicted molar refractivity (Wildman–Crippen MR) is 100 cm³/mol. The lowest BCUT2D eigenvalue weighted by atomic mass is 10.1. The third-order valence-corrected chi connectivity index (χ3v) is 4.96. The van der Waals surface area contributed by atoms with Gasteiger partial charge in [0.05, 0.1) is 12.8 Å². The Labute approximate surface area is 161 Å². The first kappa shape index (κ1) is 16.9. The molecule has 0 bridgehead atoms. The van der Waals surface area contributed by atoms with Crippen LogP contribution in [0.15, 0.2) is 57.6 Å². The number of furan rings is 1. The number of benzene rings is 1. The molecular weight excluding hydrogens is 356 g/mol. The van der Waals surface area contributed by atoms with Crippen molar-refractivity contribution in [3.63, 3.8) is 0 Å². The van der Waals surface area contributed by atoms with E-state index in [9.17, 15) is 0 Å². The number of aromatic nitrogens is 5. The summed E-state index contributed by atoms with van der Waals surface area (Å²) in [6.07, 6.45) is 3.24. The third-order valence-electron chi connectivity index (χ3n) is 4.96. The molecule has 0 amide bonds. The van der Waals surface area contributed by atoms with Gasteiger partial charge >= 0.3 is 0 Å². The van der Waals surface area contributed by atoms with Gasteiger partial charge in [-0.05, 0) is 17.7 Å². The van der Waals surface area contributed by atoms with Crippen LogP contribution in [-0.4, -0.2) is 43.0 Å². The maximum Gasteiger partial charge on any atom is 0.283 e. The van der Waals surface area contributed by atoms with Crippen molar-refractivity contribution in [1.82, 2.24) is 29.9 Å². The zero-order chi connectivity index (χ0) is 18.8. The summed E-state index contributed by atoms with van der Waals surface area (Å²) >= 11 is 0. The lowest BCUT2D eigenvalue weighted by molar-refractivity contribution is 0.243. The van der Waals surface area contributed by atoms with E-state index in [1.165, 1.54) is 5.56 Å². The molecule has 0 N–H and O–H groups in total. The second-order valence-corrected chi connectivity index (χ2v) is 6.85. The quantitative estimate of drug-likeness (QED) is 0.529. The van der Waals surface area contributed by atoms with E-state index >= 15 is 0 Å². The summed E-state index contributed by atoms with van der Waals surface area (Å²) < 4.78 is 13.3. The van der Waals surface area contributed by atoms with Gasteiger partial charge in [-0.3, -0.25) is 4.90 Å². The molecular formula is C20H20N6O2. The van der Waals surface area contributed by atoms with Crippen molar-refractivity contribution in [2.24, 2.45) is 0 Å². The standard InChI is InChI=1S/C20H20N6O2/c1-2-5-15(6-3-1)13-18-22-21-17-8-9-25(10-11-26(17)18)14-19-23-24-20(28-19)16-7-4-12-27-16/h1-7,12H,8-11,13-14H2. The van der Waals surface area contributed by atoms with Crippen LogP contribution in [0.2, 0.25) is 0 Å². The van der Waals surface area contributed by atoms with E-state index in [-0.39, 0.29) is 0 Å². The van der Waals surface area contributed by atoms with Crippen molar-refractivity contribution < 1.29 is 8.83 Å². The summed E-state index contributed by atoms with van der Waals surface area (Å²) in [4.78, 5) is 2.31. The number of hydrogen-bond donors (Lipinski definition) is 0. The molecule has 5 rings (SSSR count). The van der Waals surface area contributed by atoms with E-state index < -0.39 is 0 Å². The molecule has 0 unspecified atom stereocenters. The van der Waals surface area contributed by atoms with Crippen LogP contribution < -0.4 is 0 Å². The molecule has 0 spiro atoms.